The number of amides is 1. The molecule has 3 rings (SSSR count). The zero-order chi connectivity index (χ0) is 19.2. The number of rotatable bonds is 5. The molecular formula is C20H22N2O5. The Morgan fingerprint density at radius 2 is 1.67 bits per heavy atom. The van der Waals surface area contributed by atoms with E-state index in [9.17, 15) is 14.7 Å². The Kier molecular flexibility index (Phi) is 5.80. The zero-order valence-electron chi connectivity index (χ0n) is 15.1. The average molecular weight is 370 g/mol. The van der Waals surface area contributed by atoms with Crippen molar-refractivity contribution in [2.75, 3.05) is 44.8 Å². The van der Waals surface area contributed by atoms with Gasteiger partial charge in [0, 0.05) is 26.2 Å². The highest BCUT2D eigenvalue weighted by atomic mass is 16.5. The van der Waals surface area contributed by atoms with Crippen molar-refractivity contribution in [3.63, 3.8) is 0 Å². The monoisotopic (exact) mass is 370 g/mol. The molecule has 0 aliphatic carbocycles. The van der Waals surface area contributed by atoms with Gasteiger partial charge in [-0.25, -0.2) is 4.79 Å². The quantitative estimate of drug-likeness (QED) is 0.810. The van der Waals surface area contributed by atoms with Crippen molar-refractivity contribution >= 4 is 17.6 Å². The minimum Gasteiger partial charge on any atom is -0.508 e. The molecule has 0 atom stereocenters. The number of para-hydroxylation sites is 2. The second kappa shape index (κ2) is 8.44. The average Bonchev–Trinajstić information content (AvgIpc) is 2.72. The molecule has 1 saturated heterocycles. The summed E-state index contributed by atoms with van der Waals surface area (Å²) in [5.41, 5.74) is 1.30. The normalized spacial score (nSPS) is 14.0. The molecule has 7 nitrogen and oxygen atoms in total. The van der Waals surface area contributed by atoms with Gasteiger partial charge in [0.25, 0.3) is 5.91 Å². The molecule has 1 N–H and O–H groups in total. The topological polar surface area (TPSA) is 79.3 Å². The first-order valence-corrected chi connectivity index (χ1v) is 8.70. The summed E-state index contributed by atoms with van der Waals surface area (Å²) in [4.78, 5) is 28.1. The Morgan fingerprint density at radius 3 is 2.33 bits per heavy atom. The molecule has 0 aromatic heterocycles. The standard InChI is InChI=1S/C20H22N2O5/c1-26-18-5-3-2-4-17(18)21-10-12-22(13-11-21)19(24)14-27-20(25)15-6-8-16(23)9-7-15/h2-9,23H,10-14H2,1H3. The van der Waals surface area contributed by atoms with Crippen molar-refractivity contribution < 1.29 is 24.2 Å². The van der Waals surface area contributed by atoms with Crippen LogP contribution in [-0.2, 0) is 9.53 Å². The van der Waals surface area contributed by atoms with Crippen LogP contribution in [0.25, 0.3) is 0 Å². The molecule has 0 saturated carbocycles. The smallest absolute Gasteiger partial charge is 0.338 e. The highest BCUT2D eigenvalue weighted by Gasteiger charge is 2.23. The van der Waals surface area contributed by atoms with Crippen LogP contribution in [0.2, 0.25) is 0 Å². The fraction of sp³-hybridized carbons (Fsp3) is 0.300. The van der Waals surface area contributed by atoms with Crippen LogP contribution in [0.1, 0.15) is 10.4 Å². The fourth-order valence-electron chi connectivity index (χ4n) is 2.99. The minimum atomic E-state index is -0.587. The first-order chi connectivity index (χ1) is 13.1. The number of phenols is 1. The van der Waals surface area contributed by atoms with E-state index in [1.165, 1.54) is 24.3 Å². The number of aromatic hydroxyl groups is 1. The Hall–Kier alpha value is -3.22. The van der Waals surface area contributed by atoms with Gasteiger partial charge < -0.3 is 24.4 Å². The Balaban J connectivity index is 1.50. The first kappa shape index (κ1) is 18.6. The first-order valence-electron chi connectivity index (χ1n) is 8.70. The Bertz CT molecular complexity index is 798. The van der Waals surface area contributed by atoms with Crippen molar-refractivity contribution in [1.29, 1.82) is 0 Å². The van der Waals surface area contributed by atoms with Crippen LogP contribution in [0, 0.1) is 0 Å². The van der Waals surface area contributed by atoms with Gasteiger partial charge in [-0.15, -0.1) is 0 Å². The zero-order valence-corrected chi connectivity index (χ0v) is 15.1. The molecular weight excluding hydrogens is 348 g/mol. The SMILES string of the molecule is COc1ccccc1N1CCN(C(=O)COC(=O)c2ccc(O)cc2)CC1. The number of methoxy groups -OCH3 is 1. The second-order valence-corrected chi connectivity index (χ2v) is 6.16. The molecule has 1 aliphatic heterocycles. The van der Waals surface area contributed by atoms with E-state index < -0.39 is 5.97 Å². The summed E-state index contributed by atoms with van der Waals surface area (Å²) in [5.74, 6) is 0.0634. The van der Waals surface area contributed by atoms with Crippen molar-refractivity contribution in [2.24, 2.45) is 0 Å². The summed E-state index contributed by atoms with van der Waals surface area (Å²) >= 11 is 0. The number of benzene rings is 2. The molecule has 1 aliphatic rings. The maximum atomic E-state index is 12.3. The molecule has 0 spiro atoms. The minimum absolute atomic E-state index is 0.0653. The number of nitrogens with zero attached hydrogens (tertiary/aromatic N) is 2. The van der Waals surface area contributed by atoms with E-state index in [4.69, 9.17) is 9.47 Å². The van der Waals surface area contributed by atoms with Gasteiger partial charge in [0.15, 0.2) is 6.61 Å². The lowest BCUT2D eigenvalue weighted by atomic mass is 10.2. The van der Waals surface area contributed by atoms with Crippen LogP contribution in [0.15, 0.2) is 48.5 Å². The maximum Gasteiger partial charge on any atom is 0.338 e. The van der Waals surface area contributed by atoms with E-state index >= 15 is 0 Å². The van der Waals surface area contributed by atoms with E-state index in [-0.39, 0.29) is 18.3 Å². The number of phenolic OH excluding ortho intramolecular Hbond substituents is 1. The fourth-order valence-corrected chi connectivity index (χ4v) is 2.99. The van der Waals surface area contributed by atoms with Crippen LogP contribution < -0.4 is 9.64 Å². The molecule has 7 heteroatoms. The predicted octanol–water partition coefficient (Wildman–Crippen LogP) is 1.91. The highest BCUT2D eigenvalue weighted by molar-refractivity contribution is 5.91. The van der Waals surface area contributed by atoms with E-state index in [0.717, 1.165) is 11.4 Å². The van der Waals surface area contributed by atoms with Gasteiger partial charge in [-0.3, -0.25) is 4.79 Å². The molecule has 2 aromatic rings. The van der Waals surface area contributed by atoms with Gasteiger partial charge in [-0.2, -0.15) is 0 Å². The van der Waals surface area contributed by atoms with Crippen LogP contribution in [0.4, 0.5) is 5.69 Å². The molecule has 2 aromatic carbocycles. The van der Waals surface area contributed by atoms with Crippen LogP contribution in [-0.4, -0.2) is 61.8 Å². The van der Waals surface area contributed by atoms with Crippen molar-refractivity contribution in [2.45, 2.75) is 0 Å². The summed E-state index contributed by atoms with van der Waals surface area (Å²) in [5, 5.41) is 9.24. The molecule has 142 valence electrons. The number of esters is 1. The van der Waals surface area contributed by atoms with E-state index in [2.05, 4.69) is 4.90 Å². The summed E-state index contributed by atoms with van der Waals surface area (Å²) in [6.45, 7) is 2.16. The van der Waals surface area contributed by atoms with Crippen LogP contribution >= 0.6 is 0 Å². The number of carbonyl (C=O) groups excluding carboxylic acids is 2. The number of hydrogen-bond donors (Lipinski definition) is 1. The number of anilines is 1. The molecule has 0 unspecified atom stereocenters. The summed E-state index contributed by atoms with van der Waals surface area (Å²) in [6, 6.07) is 13.5. The Labute approximate surface area is 157 Å². The second-order valence-electron chi connectivity index (χ2n) is 6.16. The number of ether oxygens (including phenoxy) is 2. The van der Waals surface area contributed by atoms with Crippen molar-refractivity contribution in [1.82, 2.24) is 4.90 Å². The molecule has 0 bridgehead atoms. The van der Waals surface area contributed by atoms with Gasteiger partial charge in [0.05, 0.1) is 18.4 Å². The third kappa shape index (κ3) is 4.49. The van der Waals surface area contributed by atoms with Gasteiger partial charge in [-0.1, -0.05) is 12.1 Å². The summed E-state index contributed by atoms with van der Waals surface area (Å²) in [7, 11) is 1.64. The number of carbonyl (C=O) groups is 2. The Morgan fingerprint density at radius 1 is 1.00 bits per heavy atom. The highest BCUT2D eigenvalue weighted by Crippen LogP contribution is 2.28. The van der Waals surface area contributed by atoms with E-state index in [1.807, 2.05) is 24.3 Å². The van der Waals surface area contributed by atoms with Crippen LogP contribution in [0.5, 0.6) is 11.5 Å². The lowest BCUT2D eigenvalue weighted by Gasteiger charge is -2.36. The van der Waals surface area contributed by atoms with E-state index in [0.29, 0.717) is 31.7 Å². The molecule has 1 heterocycles. The largest absolute Gasteiger partial charge is 0.508 e. The molecule has 0 radical (unpaired) electrons. The summed E-state index contributed by atoms with van der Waals surface area (Å²) < 4.78 is 10.5. The maximum absolute atomic E-state index is 12.3. The molecule has 1 amide bonds. The number of piperazine rings is 1. The third-order valence-electron chi connectivity index (χ3n) is 4.49. The lowest BCUT2D eigenvalue weighted by Crippen LogP contribution is -2.50. The third-order valence-corrected chi connectivity index (χ3v) is 4.49. The number of hydrogen-bond acceptors (Lipinski definition) is 6. The summed E-state index contributed by atoms with van der Waals surface area (Å²) in [6.07, 6.45) is 0. The van der Waals surface area contributed by atoms with Gasteiger partial charge in [0.1, 0.15) is 11.5 Å². The van der Waals surface area contributed by atoms with Gasteiger partial charge in [-0.05, 0) is 36.4 Å². The predicted molar refractivity (Wildman–Crippen MR) is 100 cm³/mol. The van der Waals surface area contributed by atoms with Gasteiger partial charge in [0.2, 0.25) is 0 Å². The molecule has 1 fully saturated rings. The van der Waals surface area contributed by atoms with Crippen LogP contribution in [0.3, 0.4) is 0 Å². The van der Waals surface area contributed by atoms with Crippen molar-refractivity contribution in [3.05, 3.63) is 54.1 Å². The molecule has 27 heavy (non-hydrogen) atoms. The van der Waals surface area contributed by atoms with Crippen molar-refractivity contribution in [3.8, 4) is 11.5 Å². The van der Waals surface area contributed by atoms with Gasteiger partial charge >= 0.3 is 5.97 Å². The lowest BCUT2D eigenvalue weighted by molar-refractivity contribution is -0.134. The van der Waals surface area contributed by atoms with E-state index in [1.54, 1.807) is 12.0 Å².